The molecule has 3 aromatic rings. The Morgan fingerprint density at radius 2 is 2.06 bits per heavy atom. The van der Waals surface area contributed by atoms with Crippen molar-refractivity contribution in [3.8, 4) is 11.8 Å². The Labute approximate surface area is 217 Å². The van der Waals surface area contributed by atoms with Gasteiger partial charge in [-0.25, -0.2) is 0 Å². The zero-order chi connectivity index (χ0) is 24.6. The van der Waals surface area contributed by atoms with Crippen LogP contribution in [-0.4, -0.2) is 18.1 Å². The van der Waals surface area contributed by atoms with Crippen molar-refractivity contribution in [2.24, 2.45) is 11.3 Å². The van der Waals surface area contributed by atoms with Crippen LogP contribution in [0, 0.1) is 22.7 Å². The molecule has 1 unspecified atom stereocenters. The third-order valence-corrected chi connectivity index (χ3v) is 8.61. The summed E-state index contributed by atoms with van der Waals surface area (Å²) < 4.78 is 6.23. The first-order valence-electron chi connectivity index (χ1n) is 11.1. The Morgan fingerprint density at radius 3 is 2.74 bits per heavy atom. The molecule has 1 aliphatic rings. The molecular formula is C26H26BrN3O2S2. The number of nitrogens with zero attached hydrogens (tertiary/aromatic N) is 1. The third-order valence-electron chi connectivity index (χ3n) is 6.45. The van der Waals surface area contributed by atoms with E-state index in [1.165, 1.54) is 12.0 Å². The molecule has 0 fully saturated rings. The van der Waals surface area contributed by atoms with Gasteiger partial charge in [0.1, 0.15) is 16.8 Å². The minimum Gasteiger partial charge on any atom is -0.495 e. The number of carbonyl (C=O) groups is 1. The minimum absolute atomic E-state index is 0.152. The van der Waals surface area contributed by atoms with Crippen molar-refractivity contribution in [3.63, 3.8) is 0 Å². The Balaban J connectivity index is 1.56. The standard InChI is InChI=1S/C26H26BrN3O2S2/c1-26(2,3)15-9-10-17-19(13-28)24(34-20(17)12-15)30-25(33)29-23(31)18-11-14-7-5-6-8-16(14)21(27)22(18)32-4/h5-8,11,15H,9-10,12H2,1-4H3,(H2,29,30,31,33). The van der Waals surface area contributed by atoms with E-state index >= 15 is 0 Å². The molecule has 5 nitrogen and oxygen atoms in total. The lowest BCUT2D eigenvalue weighted by molar-refractivity contribution is 0.0975. The molecule has 176 valence electrons. The number of ether oxygens (including phenoxy) is 1. The van der Waals surface area contributed by atoms with Gasteiger partial charge in [-0.15, -0.1) is 11.3 Å². The van der Waals surface area contributed by atoms with Crippen LogP contribution in [0.4, 0.5) is 5.00 Å². The van der Waals surface area contributed by atoms with Crippen LogP contribution in [-0.2, 0) is 12.8 Å². The molecule has 2 aromatic carbocycles. The largest absolute Gasteiger partial charge is 0.495 e. The predicted octanol–water partition coefficient (Wildman–Crippen LogP) is 6.82. The summed E-state index contributed by atoms with van der Waals surface area (Å²) in [5, 5.41) is 18.4. The second-order valence-corrected chi connectivity index (χ2v) is 11.8. The van der Waals surface area contributed by atoms with E-state index in [0.29, 0.717) is 32.3 Å². The van der Waals surface area contributed by atoms with Crippen LogP contribution in [0.3, 0.4) is 0 Å². The van der Waals surface area contributed by atoms with Gasteiger partial charge in [-0.3, -0.25) is 10.1 Å². The number of carbonyl (C=O) groups excluding carboxylic acids is 1. The summed E-state index contributed by atoms with van der Waals surface area (Å²) in [5.74, 6) is 0.633. The van der Waals surface area contributed by atoms with Crippen LogP contribution in [0.25, 0.3) is 10.8 Å². The van der Waals surface area contributed by atoms with E-state index in [4.69, 9.17) is 17.0 Å². The van der Waals surface area contributed by atoms with Gasteiger partial charge in [0, 0.05) is 4.88 Å². The molecule has 1 amide bonds. The molecule has 0 saturated carbocycles. The molecule has 34 heavy (non-hydrogen) atoms. The zero-order valence-electron chi connectivity index (χ0n) is 19.5. The molecule has 0 saturated heterocycles. The van der Waals surface area contributed by atoms with Crippen molar-refractivity contribution in [2.75, 3.05) is 12.4 Å². The molecule has 0 spiro atoms. The molecule has 1 aromatic heterocycles. The summed E-state index contributed by atoms with van der Waals surface area (Å²) in [6.07, 6.45) is 2.92. The van der Waals surface area contributed by atoms with Crippen molar-refractivity contribution < 1.29 is 9.53 Å². The van der Waals surface area contributed by atoms with Crippen molar-refractivity contribution in [2.45, 2.75) is 40.0 Å². The summed E-state index contributed by atoms with van der Waals surface area (Å²) in [5.41, 5.74) is 2.34. The average Bonchev–Trinajstić information content (AvgIpc) is 3.14. The molecule has 0 radical (unpaired) electrons. The molecule has 0 aliphatic heterocycles. The molecule has 2 N–H and O–H groups in total. The number of benzene rings is 2. The van der Waals surface area contributed by atoms with Gasteiger partial charge >= 0.3 is 0 Å². The maximum Gasteiger partial charge on any atom is 0.261 e. The van der Waals surface area contributed by atoms with Gasteiger partial charge < -0.3 is 10.1 Å². The number of nitriles is 1. The number of thiocarbonyl (C=S) groups is 1. The highest BCUT2D eigenvalue weighted by atomic mass is 79.9. The van der Waals surface area contributed by atoms with Gasteiger partial charge in [0.2, 0.25) is 0 Å². The molecule has 1 atom stereocenters. The monoisotopic (exact) mass is 555 g/mol. The first kappa shape index (κ1) is 24.6. The van der Waals surface area contributed by atoms with E-state index in [1.807, 2.05) is 24.3 Å². The summed E-state index contributed by atoms with van der Waals surface area (Å²) in [6.45, 7) is 6.81. The lowest BCUT2D eigenvalue weighted by atomic mass is 9.72. The van der Waals surface area contributed by atoms with Crippen LogP contribution in [0.5, 0.6) is 5.75 Å². The Bertz CT molecular complexity index is 1330. The van der Waals surface area contributed by atoms with Crippen LogP contribution < -0.4 is 15.4 Å². The predicted molar refractivity (Wildman–Crippen MR) is 146 cm³/mol. The van der Waals surface area contributed by atoms with E-state index < -0.39 is 0 Å². The van der Waals surface area contributed by atoms with E-state index in [2.05, 4.69) is 53.4 Å². The number of hydrogen-bond donors (Lipinski definition) is 2. The Kier molecular flexibility index (Phi) is 6.99. The normalized spacial score (nSPS) is 15.4. The maximum absolute atomic E-state index is 13.1. The van der Waals surface area contributed by atoms with Gasteiger partial charge in [-0.1, -0.05) is 45.0 Å². The summed E-state index contributed by atoms with van der Waals surface area (Å²) in [4.78, 5) is 14.4. The highest BCUT2D eigenvalue weighted by Gasteiger charge is 2.32. The topological polar surface area (TPSA) is 74.2 Å². The SMILES string of the molecule is COc1c(C(=O)NC(=S)Nc2sc3c(c2C#N)CCC(C(C)(C)C)C3)cc2ccccc2c1Br. The van der Waals surface area contributed by atoms with Crippen LogP contribution >= 0.6 is 39.5 Å². The van der Waals surface area contributed by atoms with Gasteiger partial charge in [0.15, 0.2) is 5.11 Å². The third kappa shape index (κ3) is 4.70. The van der Waals surface area contributed by atoms with Crippen molar-refractivity contribution in [1.29, 1.82) is 5.26 Å². The molecule has 1 aliphatic carbocycles. The molecular weight excluding hydrogens is 530 g/mol. The van der Waals surface area contributed by atoms with Crippen molar-refractivity contribution in [1.82, 2.24) is 5.32 Å². The highest BCUT2D eigenvalue weighted by Crippen LogP contribution is 2.44. The van der Waals surface area contributed by atoms with Crippen molar-refractivity contribution >= 4 is 66.3 Å². The lowest BCUT2D eigenvalue weighted by Crippen LogP contribution is -2.34. The number of halogens is 1. The number of anilines is 1. The van der Waals surface area contributed by atoms with Gasteiger partial charge in [-0.2, -0.15) is 5.26 Å². The fourth-order valence-electron chi connectivity index (χ4n) is 4.49. The minimum atomic E-state index is -0.381. The maximum atomic E-state index is 13.1. The van der Waals surface area contributed by atoms with Crippen LogP contribution in [0.15, 0.2) is 34.8 Å². The quantitative estimate of drug-likeness (QED) is 0.347. The lowest BCUT2D eigenvalue weighted by Gasteiger charge is -2.33. The number of amides is 1. The number of hydrogen-bond acceptors (Lipinski definition) is 5. The second kappa shape index (κ2) is 9.65. The van der Waals surface area contributed by atoms with Crippen molar-refractivity contribution in [3.05, 3.63) is 56.4 Å². The fraction of sp³-hybridized carbons (Fsp3) is 0.346. The highest BCUT2D eigenvalue weighted by molar-refractivity contribution is 9.10. The van der Waals surface area contributed by atoms with E-state index in [1.54, 1.807) is 17.4 Å². The number of fused-ring (bicyclic) bond motifs is 2. The fourth-order valence-corrected chi connectivity index (χ4v) is 6.77. The first-order chi connectivity index (χ1) is 16.1. The Morgan fingerprint density at radius 1 is 1.32 bits per heavy atom. The van der Waals surface area contributed by atoms with E-state index in [-0.39, 0.29) is 16.4 Å². The van der Waals surface area contributed by atoms with E-state index in [0.717, 1.165) is 35.6 Å². The molecule has 8 heteroatoms. The smallest absolute Gasteiger partial charge is 0.261 e. The number of thiophene rings is 1. The molecule has 0 bridgehead atoms. The van der Waals surface area contributed by atoms with Crippen LogP contribution in [0.2, 0.25) is 0 Å². The number of rotatable bonds is 3. The average molecular weight is 557 g/mol. The second-order valence-electron chi connectivity index (χ2n) is 9.53. The first-order valence-corrected chi connectivity index (χ1v) is 13.1. The van der Waals surface area contributed by atoms with Gasteiger partial charge in [0.25, 0.3) is 5.91 Å². The molecule has 4 rings (SSSR count). The Hall–Kier alpha value is -2.47. The van der Waals surface area contributed by atoms with Gasteiger partial charge in [-0.05, 0) is 81.1 Å². The summed E-state index contributed by atoms with van der Waals surface area (Å²) in [6, 6.07) is 11.9. The summed E-state index contributed by atoms with van der Waals surface area (Å²) >= 11 is 10.6. The number of nitrogens with one attached hydrogen (secondary N) is 2. The van der Waals surface area contributed by atoms with Gasteiger partial charge in [0.05, 0.1) is 22.7 Å². The van der Waals surface area contributed by atoms with Crippen LogP contribution in [0.1, 0.15) is 53.6 Å². The zero-order valence-corrected chi connectivity index (χ0v) is 22.8. The van der Waals surface area contributed by atoms with E-state index in [9.17, 15) is 10.1 Å². The summed E-state index contributed by atoms with van der Waals surface area (Å²) in [7, 11) is 1.53. The number of methoxy groups -OCH3 is 1. The molecule has 1 heterocycles.